The number of carbonyl (C=O) groups is 1. The van der Waals surface area contributed by atoms with Crippen molar-refractivity contribution in [1.29, 1.82) is 0 Å². The Kier molecular flexibility index (Phi) is 2.43. The Bertz CT molecular complexity index is 432. The highest BCUT2D eigenvalue weighted by Crippen LogP contribution is 2.38. The number of hydrogen-bond donors (Lipinski definition) is 0. The average molecular weight is 233 g/mol. The van der Waals surface area contributed by atoms with Crippen molar-refractivity contribution in [3.63, 3.8) is 0 Å². The number of nitrogens with zero attached hydrogens (tertiary/aromatic N) is 1. The van der Waals surface area contributed by atoms with Crippen LogP contribution < -0.4 is 0 Å². The van der Waals surface area contributed by atoms with Crippen molar-refractivity contribution < 1.29 is 4.79 Å². The second-order valence-corrected chi connectivity index (χ2v) is 5.95. The molecule has 0 aromatic heterocycles. The molecule has 2 aliphatic rings. The minimum Gasteiger partial charge on any atom is -0.334 e. The molecule has 3 rings (SSSR count). The van der Waals surface area contributed by atoms with Gasteiger partial charge in [0, 0.05) is 29.2 Å². The van der Waals surface area contributed by atoms with Gasteiger partial charge in [-0.2, -0.15) is 11.8 Å². The maximum Gasteiger partial charge on any atom is 0.254 e. The molecule has 1 aromatic rings. The van der Waals surface area contributed by atoms with E-state index in [2.05, 4.69) is 4.90 Å². The lowest BCUT2D eigenvalue weighted by atomic mass is 10.1. The molecule has 1 aromatic carbocycles. The molecule has 1 amide bonds. The van der Waals surface area contributed by atoms with Gasteiger partial charge in [-0.3, -0.25) is 4.79 Å². The first-order valence-electron chi connectivity index (χ1n) is 5.74. The average Bonchev–Trinajstić information content (AvgIpc) is 2.90. The number of thioether (sulfide) groups is 1. The standard InChI is InChI=1S/C13H15NOS/c1-9-4-2-3-5-12(9)13(15)14-7-11-6-10(14)8-16-11/h2-5,10-11H,6-8H2,1H3. The van der Waals surface area contributed by atoms with Gasteiger partial charge in [0.1, 0.15) is 0 Å². The van der Waals surface area contributed by atoms with Crippen molar-refractivity contribution in [2.75, 3.05) is 12.3 Å². The van der Waals surface area contributed by atoms with Gasteiger partial charge >= 0.3 is 0 Å². The minimum absolute atomic E-state index is 0.228. The first kappa shape index (κ1) is 10.2. The second kappa shape index (κ2) is 3.81. The molecule has 2 saturated heterocycles. The van der Waals surface area contributed by atoms with Crippen molar-refractivity contribution in [3.8, 4) is 0 Å². The van der Waals surface area contributed by atoms with Crippen molar-refractivity contribution >= 4 is 17.7 Å². The highest BCUT2D eigenvalue weighted by atomic mass is 32.2. The molecule has 2 aliphatic heterocycles. The van der Waals surface area contributed by atoms with E-state index in [1.807, 2.05) is 43.0 Å². The Balaban J connectivity index is 1.86. The fraction of sp³-hybridized carbons (Fsp3) is 0.462. The van der Waals surface area contributed by atoms with E-state index in [0.29, 0.717) is 11.3 Å². The van der Waals surface area contributed by atoms with Gasteiger partial charge in [-0.05, 0) is 25.0 Å². The zero-order chi connectivity index (χ0) is 11.1. The molecule has 0 N–H and O–H groups in total. The summed E-state index contributed by atoms with van der Waals surface area (Å²) in [6.07, 6.45) is 1.20. The first-order valence-corrected chi connectivity index (χ1v) is 6.79. The molecule has 3 heteroatoms. The van der Waals surface area contributed by atoms with Gasteiger partial charge in [0.25, 0.3) is 5.91 Å². The lowest BCUT2D eigenvalue weighted by Crippen LogP contribution is -2.39. The highest BCUT2D eigenvalue weighted by molar-refractivity contribution is 8.00. The third-order valence-electron chi connectivity index (χ3n) is 3.54. The van der Waals surface area contributed by atoms with E-state index in [-0.39, 0.29) is 5.91 Å². The predicted octanol–water partition coefficient (Wildman–Crippen LogP) is 2.32. The van der Waals surface area contributed by atoms with Crippen molar-refractivity contribution in [2.45, 2.75) is 24.6 Å². The van der Waals surface area contributed by atoms with Crippen LogP contribution >= 0.6 is 11.8 Å². The van der Waals surface area contributed by atoms with E-state index in [1.54, 1.807) is 0 Å². The number of fused-ring (bicyclic) bond motifs is 2. The van der Waals surface area contributed by atoms with Crippen molar-refractivity contribution in [3.05, 3.63) is 35.4 Å². The van der Waals surface area contributed by atoms with Crippen molar-refractivity contribution in [2.24, 2.45) is 0 Å². The third-order valence-corrected chi connectivity index (χ3v) is 4.93. The Hall–Kier alpha value is -0.960. The fourth-order valence-corrected chi connectivity index (χ4v) is 4.05. The predicted molar refractivity (Wildman–Crippen MR) is 66.9 cm³/mol. The number of rotatable bonds is 1. The molecule has 0 saturated carbocycles. The summed E-state index contributed by atoms with van der Waals surface area (Å²) in [5.41, 5.74) is 1.96. The Labute approximate surface area is 100 Å². The van der Waals surface area contributed by atoms with Gasteiger partial charge in [0.15, 0.2) is 0 Å². The molecule has 0 spiro atoms. The summed E-state index contributed by atoms with van der Waals surface area (Å²) >= 11 is 2.02. The van der Waals surface area contributed by atoms with Gasteiger partial charge < -0.3 is 4.90 Å². The van der Waals surface area contributed by atoms with E-state index in [0.717, 1.165) is 23.4 Å². The number of aryl methyl sites for hydroxylation is 1. The molecule has 0 aliphatic carbocycles. The van der Waals surface area contributed by atoms with Gasteiger partial charge in [0.05, 0.1) is 0 Å². The van der Waals surface area contributed by atoms with E-state index in [4.69, 9.17) is 0 Å². The van der Waals surface area contributed by atoms with Gasteiger partial charge in [-0.25, -0.2) is 0 Å². The molecule has 2 heterocycles. The number of hydrogen-bond acceptors (Lipinski definition) is 2. The number of likely N-dealkylation sites (tertiary alicyclic amines) is 1. The van der Waals surface area contributed by atoms with Crippen LogP contribution in [0.5, 0.6) is 0 Å². The Morgan fingerprint density at radius 3 is 2.88 bits per heavy atom. The molecular weight excluding hydrogens is 218 g/mol. The molecule has 2 atom stereocenters. The summed E-state index contributed by atoms with van der Waals surface area (Å²) in [7, 11) is 0. The maximum atomic E-state index is 12.4. The van der Waals surface area contributed by atoms with Gasteiger partial charge in [0.2, 0.25) is 0 Å². The summed E-state index contributed by atoms with van der Waals surface area (Å²) in [4.78, 5) is 14.4. The first-order chi connectivity index (χ1) is 7.75. The second-order valence-electron chi connectivity index (χ2n) is 4.62. The molecule has 16 heavy (non-hydrogen) atoms. The van der Waals surface area contributed by atoms with Gasteiger partial charge in [-0.15, -0.1) is 0 Å². The van der Waals surface area contributed by atoms with E-state index < -0.39 is 0 Å². The topological polar surface area (TPSA) is 20.3 Å². The lowest BCUT2D eigenvalue weighted by molar-refractivity contribution is 0.0747. The molecule has 84 valence electrons. The number of benzene rings is 1. The van der Waals surface area contributed by atoms with Crippen LogP contribution in [0.3, 0.4) is 0 Å². The zero-order valence-electron chi connectivity index (χ0n) is 9.35. The SMILES string of the molecule is Cc1ccccc1C(=O)N1CC2CC1CS2. The molecule has 2 bridgehead atoms. The molecule has 2 fully saturated rings. The van der Waals surface area contributed by atoms with Crippen LogP contribution in [0, 0.1) is 6.92 Å². The largest absolute Gasteiger partial charge is 0.334 e. The van der Waals surface area contributed by atoms with Crippen LogP contribution in [0.2, 0.25) is 0 Å². The Morgan fingerprint density at radius 1 is 1.44 bits per heavy atom. The van der Waals surface area contributed by atoms with Crippen LogP contribution in [-0.2, 0) is 0 Å². The smallest absolute Gasteiger partial charge is 0.254 e. The molecule has 0 radical (unpaired) electrons. The third kappa shape index (κ3) is 1.54. The molecule has 2 nitrogen and oxygen atoms in total. The van der Waals surface area contributed by atoms with Crippen LogP contribution in [0.15, 0.2) is 24.3 Å². The molecular formula is C13H15NOS. The maximum absolute atomic E-state index is 12.4. The van der Waals surface area contributed by atoms with Crippen LogP contribution in [-0.4, -0.2) is 34.4 Å². The van der Waals surface area contributed by atoms with E-state index in [1.165, 1.54) is 6.42 Å². The summed E-state index contributed by atoms with van der Waals surface area (Å²) in [6.45, 7) is 2.96. The normalized spacial score (nSPS) is 27.4. The number of carbonyl (C=O) groups excluding carboxylic acids is 1. The zero-order valence-corrected chi connectivity index (χ0v) is 10.2. The lowest BCUT2D eigenvalue weighted by Gasteiger charge is -2.27. The summed E-state index contributed by atoms with van der Waals surface area (Å²) in [6, 6.07) is 8.37. The fourth-order valence-electron chi connectivity index (χ4n) is 2.62. The van der Waals surface area contributed by atoms with Crippen LogP contribution in [0.4, 0.5) is 0 Å². The summed E-state index contributed by atoms with van der Waals surface area (Å²) < 4.78 is 0. The quantitative estimate of drug-likeness (QED) is 0.742. The van der Waals surface area contributed by atoms with E-state index in [9.17, 15) is 4.79 Å². The summed E-state index contributed by atoms with van der Waals surface area (Å²) in [5.74, 6) is 1.35. The van der Waals surface area contributed by atoms with Gasteiger partial charge in [-0.1, -0.05) is 18.2 Å². The monoisotopic (exact) mass is 233 g/mol. The van der Waals surface area contributed by atoms with Crippen molar-refractivity contribution in [1.82, 2.24) is 4.90 Å². The summed E-state index contributed by atoms with van der Waals surface area (Å²) in [5, 5.41) is 0.693. The molecule has 2 unspecified atom stereocenters. The number of amides is 1. The van der Waals surface area contributed by atoms with Crippen LogP contribution in [0.25, 0.3) is 0 Å². The minimum atomic E-state index is 0.228. The Morgan fingerprint density at radius 2 is 2.25 bits per heavy atom. The highest BCUT2D eigenvalue weighted by Gasteiger charge is 2.41. The van der Waals surface area contributed by atoms with Crippen LogP contribution in [0.1, 0.15) is 22.3 Å². The van der Waals surface area contributed by atoms with E-state index >= 15 is 0 Å².